The fraction of sp³-hybridized carbons (Fsp3) is 0.214. The van der Waals surface area contributed by atoms with E-state index in [9.17, 15) is 4.79 Å². The minimum Gasteiger partial charge on any atom is -0.326 e. The molecule has 3 nitrogen and oxygen atoms in total. The first kappa shape index (κ1) is 11.4. The Morgan fingerprint density at radius 1 is 1.39 bits per heavy atom. The van der Waals surface area contributed by atoms with Crippen molar-refractivity contribution in [1.82, 2.24) is 0 Å². The van der Waals surface area contributed by atoms with E-state index in [4.69, 9.17) is 5.73 Å². The van der Waals surface area contributed by atoms with Crippen molar-refractivity contribution in [3.05, 3.63) is 51.2 Å². The van der Waals surface area contributed by atoms with Gasteiger partial charge in [-0.15, -0.1) is 0 Å². The molecule has 3 rings (SSSR count). The quantitative estimate of drug-likeness (QED) is 0.870. The maximum atomic E-state index is 11.3. The number of amides is 1. The average Bonchev–Trinajstić information content (AvgIpc) is 2.91. The number of hydrogen-bond donors (Lipinski definition) is 2. The van der Waals surface area contributed by atoms with Gasteiger partial charge >= 0.3 is 0 Å². The fourth-order valence-corrected chi connectivity index (χ4v) is 3.20. The molecule has 0 saturated carbocycles. The summed E-state index contributed by atoms with van der Waals surface area (Å²) in [5.41, 5.74) is 11.7. The Labute approximate surface area is 110 Å². The molecule has 0 aliphatic carbocycles. The zero-order chi connectivity index (χ0) is 12.7. The maximum Gasteiger partial charge on any atom is 0.228 e. The second-order valence-electron chi connectivity index (χ2n) is 4.63. The minimum absolute atomic E-state index is 0.0578. The van der Waals surface area contributed by atoms with Crippen molar-refractivity contribution in [2.24, 2.45) is 5.73 Å². The third kappa shape index (κ3) is 1.83. The van der Waals surface area contributed by atoms with Crippen LogP contribution < -0.4 is 11.1 Å². The normalized spacial score (nSPS) is 15.3. The number of hydrogen-bond acceptors (Lipinski definition) is 3. The number of benzene rings is 1. The number of fused-ring (bicyclic) bond motifs is 1. The van der Waals surface area contributed by atoms with Crippen molar-refractivity contribution in [2.75, 3.05) is 5.32 Å². The number of carbonyl (C=O) groups excluding carboxylic acids is 1. The molecule has 0 radical (unpaired) electrons. The summed E-state index contributed by atoms with van der Waals surface area (Å²) in [6.07, 6.45) is 0.457. The fourth-order valence-electron chi connectivity index (χ4n) is 2.31. The van der Waals surface area contributed by atoms with Crippen LogP contribution in [0.15, 0.2) is 29.0 Å². The van der Waals surface area contributed by atoms with Crippen LogP contribution >= 0.6 is 11.3 Å². The number of carbonyl (C=O) groups is 1. The molecule has 0 bridgehead atoms. The second-order valence-corrected chi connectivity index (χ2v) is 5.37. The monoisotopic (exact) mass is 258 g/mol. The van der Waals surface area contributed by atoms with Crippen LogP contribution in [0.1, 0.15) is 28.3 Å². The highest BCUT2D eigenvalue weighted by molar-refractivity contribution is 7.08. The summed E-state index contributed by atoms with van der Waals surface area (Å²) in [5.74, 6) is 0.0578. The van der Waals surface area contributed by atoms with E-state index in [1.165, 1.54) is 5.56 Å². The molecule has 2 heterocycles. The number of thiophene rings is 1. The highest BCUT2D eigenvalue weighted by atomic mass is 32.1. The Morgan fingerprint density at radius 2 is 2.22 bits per heavy atom. The van der Waals surface area contributed by atoms with E-state index in [1.807, 2.05) is 18.2 Å². The van der Waals surface area contributed by atoms with Gasteiger partial charge in [0.15, 0.2) is 0 Å². The van der Waals surface area contributed by atoms with Crippen LogP contribution in [0.25, 0.3) is 0 Å². The first-order valence-electron chi connectivity index (χ1n) is 5.86. The average molecular weight is 258 g/mol. The Hall–Kier alpha value is -1.65. The standard InChI is InChI=1S/C14H14N2OS/c1-8-6-18-7-11(8)14(15)9-2-3-12-10(4-9)5-13(17)16-12/h2-4,6-7,14H,5,15H2,1H3,(H,16,17). The lowest BCUT2D eigenvalue weighted by atomic mass is 9.97. The topological polar surface area (TPSA) is 55.1 Å². The second kappa shape index (κ2) is 4.23. The molecular formula is C14H14N2OS. The zero-order valence-corrected chi connectivity index (χ0v) is 10.9. The van der Waals surface area contributed by atoms with Crippen LogP contribution in [0, 0.1) is 6.92 Å². The lowest BCUT2D eigenvalue weighted by Gasteiger charge is -2.13. The molecule has 3 N–H and O–H groups in total. The molecule has 1 aromatic heterocycles. The van der Waals surface area contributed by atoms with Crippen molar-refractivity contribution in [1.29, 1.82) is 0 Å². The molecule has 1 aliphatic rings. The molecule has 1 aliphatic heterocycles. The van der Waals surface area contributed by atoms with Crippen molar-refractivity contribution in [3.8, 4) is 0 Å². The first-order chi connectivity index (χ1) is 8.65. The SMILES string of the molecule is Cc1cscc1C(N)c1ccc2c(c1)CC(=O)N2. The summed E-state index contributed by atoms with van der Waals surface area (Å²) < 4.78 is 0. The van der Waals surface area contributed by atoms with Gasteiger partial charge in [-0.3, -0.25) is 4.79 Å². The molecule has 1 atom stereocenters. The minimum atomic E-state index is -0.114. The Balaban J connectivity index is 1.97. The number of aryl methyl sites for hydroxylation is 1. The molecule has 92 valence electrons. The molecule has 0 fully saturated rings. The smallest absolute Gasteiger partial charge is 0.228 e. The van der Waals surface area contributed by atoms with Crippen molar-refractivity contribution in [3.63, 3.8) is 0 Å². The van der Waals surface area contributed by atoms with E-state index < -0.39 is 0 Å². The van der Waals surface area contributed by atoms with Crippen molar-refractivity contribution < 1.29 is 4.79 Å². The van der Waals surface area contributed by atoms with Gasteiger partial charge in [0.05, 0.1) is 12.5 Å². The van der Waals surface area contributed by atoms with Gasteiger partial charge < -0.3 is 11.1 Å². The van der Waals surface area contributed by atoms with Crippen LogP contribution in [0.3, 0.4) is 0 Å². The molecule has 4 heteroatoms. The predicted molar refractivity (Wildman–Crippen MR) is 73.9 cm³/mol. The van der Waals surface area contributed by atoms with Crippen LogP contribution in [-0.4, -0.2) is 5.91 Å². The van der Waals surface area contributed by atoms with Crippen LogP contribution in [0.4, 0.5) is 5.69 Å². The first-order valence-corrected chi connectivity index (χ1v) is 6.80. The van der Waals surface area contributed by atoms with Crippen LogP contribution in [0.5, 0.6) is 0 Å². The van der Waals surface area contributed by atoms with E-state index in [0.717, 1.165) is 22.4 Å². The van der Waals surface area contributed by atoms with Gasteiger partial charge in [0.25, 0.3) is 0 Å². The summed E-state index contributed by atoms with van der Waals surface area (Å²) in [4.78, 5) is 11.3. The van der Waals surface area contributed by atoms with Gasteiger partial charge in [-0.25, -0.2) is 0 Å². The lowest BCUT2D eigenvalue weighted by Crippen LogP contribution is -2.12. The summed E-state index contributed by atoms with van der Waals surface area (Å²) >= 11 is 1.67. The van der Waals surface area contributed by atoms with Crippen molar-refractivity contribution in [2.45, 2.75) is 19.4 Å². The van der Waals surface area contributed by atoms with E-state index in [2.05, 4.69) is 23.0 Å². The van der Waals surface area contributed by atoms with Gasteiger partial charge in [0.1, 0.15) is 0 Å². The third-order valence-corrected chi connectivity index (χ3v) is 4.22. The third-order valence-electron chi connectivity index (χ3n) is 3.34. The Kier molecular flexibility index (Phi) is 2.69. The molecule has 18 heavy (non-hydrogen) atoms. The largest absolute Gasteiger partial charge is 0.326 e. The predicted octanol–water partition coefficient (Wildman–Crippen LogP) is 2.60. The maximum absolute atomic E-state index is 11.3. The van der Waals surface area contributed by atoms with E-state index in [-0.39, 0.29) is 11.9 Å². The van der Waals surface area contributed by atoms with Gasteiger partial charge in [-0.2, -0.15) is 11.3 Å². The van der Waals surface area contributed by atoms with Crippen LogP contribution in [-0.2, 0) is 11.2 Å². The van der Waals surface area contributed by atoms with E-state index in [0.29, 0.717) is 6.42 Å². The number of nitrogens with one attached hydrogen (secondary N) is 1. The van der Waals surface area contributed by atoms with E-state index >= 15 is 0 Å². The number of nitrogens with two attached hydrogens (primary N) is 1. The van der Waals surface area contributed by atoms with Gasteiger partial charge in [-0.05, 0) is 46.0 Å². The number of rotatable bonds is 2. The van der Waals surface area contributed by atoms with Gasteiger partial charge in [-0.1, -0.05) is 12.1 Å². The Morgan fingerprint density at radius 3 is 2.94 bits per heavy atom. The highest BCUT2D eigenvalue weighted by Gasteiger charge is 2.20. The summed E-state index contributed by atoms with van der Waals surface area (Å²) in [6.45, 7) is 2.07. The highest BCUT2D eigenvalue weighted by Crippen LogP contribution is 2.30. The number of anilines is 1. The summed E-state index contributed by atoms with van der Waals surface area (Å²) in [5, 5.41) is 7.03. The van der Waals surface area contributed by atoms with Crippen molar-refractivity contribution >= 4 is 22.9 Å². The van der Waals surface area contributed by atoms with Gasteiger partial charge in [0, 0.05) is 5.69 Å². The molecule has 1 unspecified atom stereocenters. The lowest BCUT2D eigenvalue weighted by molar-refractivity contribution is -0.115. The Bertz CT molecular complexity index is 618. The molecule has 2 aromatic rings. The zero-order valence-electron chi connectivity index (χ0n) is 10.1. The van der Waals surface area contributed by atoms with Crippen LogP contribution in [0.2, 0.25) is 0 Å². The van der Waals surface area contributed by atoms with Gasteiger partial charge in [0.2, 0.25) is 5.91 Å². The summed E-state index contributed by atoms with van der Waals surface area (Å²) in [7, 11) is 0. The summed E-state index contributed by atoms with van der Waals surface area (Å²) in [6, 6.07) is 5.86. The molecule has 0 spiro atoms. The molecule has 0 saturated heterocycles. The van der Waals surface area contributed by atoms with E-state index in [1.54, 1.807) is 11.3 Å². The molecule has 1 amide bonds. The molecule has 1 aromatic carbocycles. The molecular weight excluding hydrogens is 244 g/mol.